The lowest BCUT2D eigenvalue weighted by atomic mass is 10.0. The first kappa shape index (κ1) is 17.6. The zero-order valence-corrected chi connectivity index (χ0v) is 14.4. The van der Waals surface area contributed by atoms with E-state index in [0.717, 1.165) is 18.6 Å². The number of carbonyl (C=O) groups excluding carboxylic acids is 1. The molecule has 4 nitrogen and oxygen atoms in total. The summed E-state index contributed by atoms with van der Waals surface area (Å²) < 4.78 is 5.82. The molecule has 0 bridgehead atoms. The van der Waals surface area contributed by atoms with Crippen LogP contribution in [0.3, 0.4) is 0 Å². The highest BCUT2D eigenvalue weighted by molar-refractivity contribution is 5.74. The van der Waals surface area contributed by atoms with Gasteiger partial charge >= 0.3 is 6.03 Å². The van der Waals surface area contributed by atoms with Crippen molar-refractivity contribution in [3.63, 3.8) is 0 Å². The van der Waals surface area contributed by atoms with Crippen LogP contribution < -0.4 is 15.4 Å². The molecule has 1 aliphatic carbocycles. The molecule has 0 atom stereocenters. The molecule has 1 aliphatic rings. The van der Waals surface area contributed by atoms with Gasteiger partial charge in [-0.2, -0.15) is 0 Å². The van der Waals surface area contributed by atoms with E-state index >= 15 is 0 Å². The van der Waals surface area contributed by atoms with Crippen LogP contribution >= 0.6 is 0 Å². The van der Waals surface area contributed by atoms with Gasteiger partial charge in [0.05, 0.1) is 6.54 Å². The average molecular weight is 318 g/mol. The quantitative estimate of drug-likeness (QED) is 0.610. The highest BCUT2D eigenvalue weighted by Crippen LogP contribution is 2.25. The van der Waals surface area contributed by atoms with Gasteiger partial charge in [-0.1, -0.05) is 57.7 Å². The SMILES string of the molecule is CC(C)c1ccccc1OCCNC(=O)NC1CCCCCC1. The van der Waals surface area contributed by atoms with Crippen molar-refractivity contribution in [3.05, 3.63) is 29.8 Å². The number of amides is 2. The molecule has 1 aromatic carbocycles. The van der Waals surface area contributed by atoms with E-state index in [1.165, 1.54) is 31.2 Å². The van der Waals surface area contributed by atoms with Crippen molar-refractivity contribution in [2.24, 2.45) is 0 Å². The number of urea groups is 1. The van der Waals surface area contributed by atoms with E-state index in [0.29, 0.717) is 25.1 Å². The van der Waals surface area contributed by atoms with Gasteiger partial charge in [0.1, 0.15) is 12.4 Å². The number of ether oxygens (including phenoxy) is 1. The summed E-state index contributed by atoms with van der Waals surface area (Å²) in [5, 5.41) is 5.98. The van der Waals surface area contributed by atoms with E-state index in [1.54, 1.807) is 0 Å². The van der Waals surface area contributed by atoms with Crippen LogP contribution in [0.4, 0.5) is 4.79 Å². The summed E-state index contributed by atoms with van der Waals surface area (Å²) in [6.07, 6.45) is 7.24. The lowest BCUT2D eigenvalue weighted by Crippen LogP contribution is -2.43. The Labute approximate surface area is 140 Å². The first-order chi connectivity index (χ1) is 11.2. The molecule has 0 heterocycles. The Morgan fingerprint density at radius 2 is 1.87 bits per heavy atom. The van der Waals surface area contributed by atoms with Crippen LogP contribution in [0.5, 0.6) is 5.75 Å². The van der Waals surface area contributed by atoms with Gasteiger partial charge in [-0.05, 0) is 30.4 Å². The van der Waals surface area contributed by atoms with E-state index in [2.05, 4.69) is 30.5 Å². The summed E-state index contributed by atoms with van der Waals surface area (Å²) in [4.78, 5) is 11.9. The third-order valence-corrected chi connectivity index (χ3v) is 4.38. The van der Waals surface area contributed by atoms with Crippen molar-refractivity contribution in [1.82, 2.24) is 10.6 Å². The number of rotatable bonds is 6. The van der Waals surface area contributed by atoms with Crippen LogP contribution in [0.15, 0.2) is 24.3 Å². The Hall–Kier alpha value is -1.71. The minimum atomic E-state index is -0.0716. The van der Waals surface area contributed by atoms with Gasteiger partial charge < -0.3 is 15.4 Å². The van der Waals surface area contributed by atoms with E-state index in [1.807, 2.05) is 18.2 Å². The second-order valence-electron chi connectivity index (χ2n) is 6.63. The highest BCUT2D eigenvalue weighted by Gasteiger charge is 2.14. The normalized spacial score (nSPS) is 16.0. The fourth-order valence-corrected chi connectivity index (χ4v) is 3.07. The molecule has 2 amide bonds. The maximum absolute atomic E-state index is 11.9. The van der Waals surface area contributed by atoms with Crippen LogP contribution in [-0.2, 0) is 0 Å². The largest absolute Gasteiger partial charge is 0.491 e. The Balaban J connectivity index is 1.68. The molecule has 0 spiro atoms. The molecule has 2 N–H and O–H groups in total. The molecule has 4 heteroatoms. The van der Waals surface area contributed by atoms with Crippen molar-refractivity contribution < 1.29 is 9.53 Å². The minimum Gasteiger partial charge on any atom is -0.491 e. The van der Waals surface area contributed by atoms with Crippen molar-refractivity contribution in [2.45, 2.75) is 64.3 Å². The van der Waals surface area contributed by atoms with Crippen LogP contribution in [-0.4, -0.2) is 25.2 Å². The molecular formula is C19H30N2O2. The smallest absolute Gasteiger partial charge is 0.315 e. The number of hydrogen-bond acceptors (Lipinski definition) is 2. The predicted molar refractivity (Wildman–Crippen MR) is 94.1 cm³/mol. The van der Waals surface area contributed by atoms with E-state index in [4.69, 9.17) is 4.74 Å². The molecule has 0 saturated heterocycles. The minimum absolute atomic E-state index is 0.0716. The second kappa shape index (κ2) is 9.43. The van der Waals surface area contributed by atoms with Crippen LogP contribution in [0.1, 0.15) is 63.9 Å². The second-order valence-corrected chi connectivity index (χ2v) is 6.63. The molecule has 0 aliphatic heterocycles. The van der Waals surface area contributed by atoms with E-state index in [-0.39, 0.29) is 6.03 Å². The molecule has 0 aromatic heterocycles. The van der Waals surface area contributed by atoms with Gasteiger partial charge in [0.2, 0.25) is 0 Å². The van der Waals surface area contributed by atoms with Crippen LogP contribution in [0.25, 0.3) is 0 Å². The van der Waals surface area contributed by atoms with Crippen molar-refractivity contribution in [1.29, 1.82) is 0 Å². The number of nitrogens with one attached hydrogen (secondary N) is 2. The Morgan fingerprint density at radius 3 is 2.57 bits per heavy atom. The molecule has 23 heavy (non-hydrogen) atoms. The fraction of sp³-hybridized carbons (Fsp3) is 0.632. The molecular weight excluding hydrogens is 288 g/mol. The average Bonchev–Trinajstić information content (AvgIpc) is 2.80. The van der Waals surface area contributed by atoms with Crippen LogP contribution in [0.2, 0.25) is 0 Å². The van der Waals surface area contributed by atoms with E-state index < -0.39 is 0 Å². The maximum atomic E-state index is 11.9. The Morgan fingerprint density at radius 1 is 1.17 bits per heavy atom. The van der Waals surface area contributed by atoms with Gasteiger partial charge in [-0.3, -0.25) is 0 Å². The maximum Gasteiger partial charge on any atom is 0.315 e. The summed E-state index contributed by atoms with van der Waals surface area (Å²) in [7, 11) is 0. The topological polar surface area (TPSA) is 50.4 Å². The third-order valence-electron chi connectivity index (χ3n) is 4.38. The lowest BCUT2D eigenvalue weighted by molar-refractivity contribution is 0.231. The Bertz CT molecular complexity index is 480. The summed E-state index contributed by atoms with van der Waals surface area (Å²) >= 11 is 0. The molecule has 0 unspecified atom stereocenters. The van der Waals surface area contributed by atoms with Crippen molar-refractivity contribution in [3.8, 4) is 5.75 Å². The van der Waals surface area contributed by atoms with Gasteiger partial charge in [-0.25, -0.2) is 4.79 Å². The first-order valence-electron chi connectivity index (χ1n) is 8.93. The van der Waals surface area contributed by atoms with Gasteiger partial charge in [0.25, 0.3) is 0 Å². The number of para-hydroxylation sites is 1. The predicted octanol–water partition coefficient (Wildman–Crippen LogP) is 4.21. The molecule has 1 aromatic rings. The lowest BCUT2D eigenvalue weighted by Gasteiger charge is -2.17. The monoisotopic (exact) mass is 318 g/mol. The standard InChI is InChI=1S/C19H30N2O2/c1-15(2)17-11-7-8-12-18(17)23-14-13-20-19(22)21-16-9-5-3-4-6-10-16/h7-8,11-12,15-16H,3-6,9-10,13-14H2,1-2H3,(H2,20,21,22). The third kappa shape index (κ3) is 6.12. The molecule has 128 valence electrons. The summed E-state index contributed by atoms with van der Waals surface area (Å²) in [6.45, 7) is 5.31. The number of carbonyl (C=O) groups is 1. The molecule has 2 rings (SSSR count). The first-order valence-corrected chi connectivity index (χ1v) is 8.93. The van der Waals surface area contributed by atoms with Gasteiger partial charge in [-0.15, -0.1) is 0 Å². The Kier molecular flexibility index (Phi) is 7.24. The zero-order chi connectivity index (χ0) is 16.5. The molecule has 1 fully saturated rings. The molecule has 1 saturated carbocycles. The number of hydrogen-bond donors (Lipinski definition) is 2. The number of benzene rings is 1. The summed E-state index contributed by atoms with van der Waals surface area (Å²) in [5.74, 6) is 1.34. The van der Waals surface area contributed by atoms with E-state index in [9.17, 15) is 4.79 Å². The van der Waals surface area contributed by atoms with Crippen molar-refractivity contribution in [2.75, 3.05) is 13.2 Å². The summed E-state index contributed by atoms with van der Waals surface area (Å²) in [6, 6.07) is 8.35. The van der Waals surface area contributed by atoms with Gasteiger partial charge in [0, 0.05) is 6.04 Å². The zero-order valence-electron chi connectivity index (χ0n) is 14.4. The highest BCUT2D eigenvalue weighted by atomic mass is 16.5. The molecule has 0 radical (unpaired) electrons. The van der Waals surface area contributed by atoms with Crippen molar-refractivity contribution >= 4 is 6.03 Å². The fourth-order valence-electron chi connectivity index (χ4n) is 3.07. The van der Waals surface area contributed by atoms with Crippen LogP contribution in [0, 0.1) is 0 Å². The summed E-state index contributed by atoms with van der Waals surface area (Å²) in [5.41, 5.74) is 1.20. The van der Waals surface area contributed by atoms with Gasteiger partial charge in [0.15, 0.2) is 0 Å².